The topological polar surface area (TPSA) is 89.7 Å². The fraction of sp³-hybridized carbons (Fsp3) is 0.278. The quantitative estimate of drug-likeness (QED) is 0.747. The van der Waals surface area contributed by atoms with Gasteiger partial charge in [-0.3, -0.25) is 4.79 Å². The van der Waals surface area contributed by atoms with Crippen molar-refractivity contribution in [1.82, 2.24) is 19.9 Å². The monoisotopic (exact) mass is 334 g/mol. The number of aromatic nitrogens is 3. The highest BCUT2D eigenvalue weighted by Gasteiger charge is 2.16. The van der Waals surface area contributed by atoms with Crippen LogP contribution in [0, 0.1) is 11.3 Å². The molecule has 1 saturated heterocycles. The Morgan fingerprint density at radius 2 is 2.00 bits per heavy atom. The predicted octanol–water partition coefficient (Wildman–Crippen LogP) is 1.05. The Morgan fingerprint density at radius 3 is 2.80 bits per heavy atom. The number of piperazine rings is 1. The Morgan fingerprint density at radius 1 is 1.20 bits per heavy atom. The zero-order chi connectivity index (χ0) is 17.2. The van der Waals surface area contributed by atoms with Gasteiger partial charge in [-0.25, -0.2) is 4.98 Å². The van der Waals surface area contributed by atoms with E-state index < -0.39 is 0 Å². The van der Waals surface area contributed by atoms with Gasteiger partial charge in [0, 0.05) is 32.4 Å². The van der Waals surface area contributed by atoms with E-state index in [1.165, 1.54) is 0 Å². The summed E-state index contributed by atoms with van der Waals surface area (Å²) < 4.78 is 1.61. The number of nitriles is 1. The van der Waals surface area contributed by atoms with Crippen LogP contribution in [-0.4, -0.2) is 40.7 Å². The molecule has 3 aromatic rings. The number of imidazole rings is 1. The normalized spacial score (nSPS) is 14.6. The molecule has 0 bridgehead atoms. The van der Waals surface area contributed by atoms with Crippen LogP contribution in [0.25, 0.3) is 11.0 Å². The van der Waals surface area contributed by atoms with Gasteiger partial charge in [0.2, 0.25) is 5.95 Å². The van der Waals surface area contributed by atoms with Gasteiger partial charge in [0.15, 0.2) is 0 Å². The van der Waals surface area contributed by atoms with Gasteiger partial charge in [0.1, 0.15) is 5.52 Å². The van der Waals surface area contributed by atoms with E-state index in [2.05, 4.69) is 26.3 Å². The maximum absolute atomic E-state index is 12.8. The Bertz CT molecular complexity index is 1010. The van der Waals surface area contributed by atoms with Gasteiger partial charge in [0.05, 0.1) is 23.7 Å². The summed E-state index contributed by atoms with van der Waals surface area (Å²) in [5.41, 5.74) is 2.46. The smallest absolute Gasteiger partial charge is 0.276 e. The first-order valence-corrected chi connectivity index (χ1v) is 8.29. The van der Waals surface area contributed by atoms with Crippen molar-refractivity contribution in [3.63, 3.8) is 0 Å². The van der Waals surface area contributed by atoms with Gasteiger partial charge < -0.3 is 19.8 Å². The van der Waals surface area contributed by atoms with Gasteiger partial charge >= 0.3 is 0 Å². The molecule has 0 amide bonds. The van der Waals surface area contributed by atoms with Crippen molar-refractivity contribution in [3.05, 3.63) is 58.0 Å². The van der Waals surface area contributed by atoms with E-state index >= 15 is 0 Å². The summed E-state index contributed by atoms with van der Waals surface area (Å²) in [6.45, 7) is 3.91. The molecule has 1 aliphatic heterocycles. The molecule has 0 unspecified atom stereocenters. The summed E-state index contributed by atoms with van der Waals surface area (Å²) in [7, 11) is 0. The highest BCUT2D eigenvalue weighted by Crippen LogP contribution is 2.16. The lowest BCUT2D eigenvalue weighted by molar-refractivity contribution is 0.582. The number of nitrogens with zero attached hydrogens (tertiary/aromatic N) is 4. The Hall–Kier alpha value is -3.11. The highest BCUT2D eigenvalue weighted by molar-refractivity contribution is 5.76. The fourth-order valence-electron chi connectivity index (χ4n) is 3.13. The summed E-state index contributed by atoms with van der Waals surface area (Å²) in [5, 5.41) is 12.5. The summed E-state index contributed by atoms with van der Waals surface area (Å²) in [5.74, 6) is 0.740. The van der Waals surface area contributed by atoms with Crippen molar-refractivity contribution in [3.8, 4) is 6.07 Å². The second kappa shape index (κ2) is 6.42. The first-order valence-electron chi connectivity index (χ1n) is 8.29. The molecule has 0 aliphatic carbocycles. The van der Waals surface area contributed by atoms with Crippen molar-refractivity contribution >= 4 is 17.0 Å². The minimum atomic E-state index is -0.126. The third-order valence-electron chi connectivity index (χ3n) is 4.50. The van der Waals surface area contributed by atoms with Crippen molar-refractivity contribution in [2.75, 3.05) is 31.1 Å². The lowest BCUT2D eigenvalue weighted by Gasteiger charge is -2.26. The molecule has 3 heterocycles. The number of pyridine rings is 1. The van der Waals surface area contributed by atoms with Crippen molar-refractivity contribution in [2.24, 2.45) is 0 Å². The molecule has 2 aromatic heterocycles. The average molecular weight is 334 g/mol. The van der Waals surface area contributed by atoms with Crippen LogP contribution >= 0.6 is 0 Å². The molecule has 0 atom stereocenters. The molecule has 1 fully saturated rings. The molecule has 7 nitrogen and oxygen atoms in total. The number of hydrogen-bond donors (Lipinski definition) is 2. The fourth-order valence-corrected chi connectivity index (χ4v) is 3.13. The van der Waals surface area contributed by atoms with Crippen LogP contribution in [0.2, 0.25) is 0 Å². The highest BCUT2D eigenvalue weighted by atomic mass is 16.1. The minimum Gasteiger partial charge on any atom is -0.340 e. The third-order valence-corrected chi connectivity index (χ3v) is 4.50. The van der Waals surface area contributed by atoms with Crippen LogP contribution in [0.3, 0.4) is 0 Å². The standard InChI is InChI=1S/C18H18N6O/c19-11-13-3-1-2-4-14(13)12-24-8-5-15-16(17(24)25)22-18(21-15)23-9-6-20-7-10-23/h1-5,8,20H,6-7,9-10,12H2,(H,21,22). The first kappa shape index (κ1) is 15.4. The molecule has 1 aromatic carbocycles. The molecular weight excluding hydrogens is 316 g/mol. The molecule has 1 aliphatic rings. The Labute approximate surface area is 144 Å². The Balaban J connectivity index is 1.70. The SMILES string of the molecule is N#Cc1ccccc1Cn1ccc2nc(N3CCNCC3)[nH]c2c1=O. The summed E-state index contributed by atoms with van der Waals surface area (Å²) in [6, 6.07) is 11.3. The molecular formula is C18H18N6O. The minimum absolute atomic E-state index is 0.126. The van der Waals surface area contributed by atoms with Gasteiger partial charge in [-0.15, -0.1) is 0 Å². The number of hydrogen-bond acceptors (Lipinski definition) is 5. The van der Waals surface area contributed by atoms with E-state index in [0.29, 0.717) is 23.1 Å². The van der Waals surface area contributed by atoms with Crippen LogP contribution in [-0.2, 0) is 6.54 Å². The van der Waals surface area contributed by atoms with E-state index in [9.17, 15) is 10.1 Å². The Kier molecular flexibility index (Phi) is 3.96. The summed E-state index contributed by atoms with van der Waals surface area (Å²) in [4.78, 5) is 22.7. The zero-order valence-electron chi connectivity index (χ0n) is 13.7. The lowest BCUT2D eigenvalue weighted by Crippen LogP contribution is -2.44. The number of aromatic amines is 1. The molecule has 0 saturated carbocycles. The van der Waals surface area contributed by atoms with Gasteiger partial charge in [-0.05, 0) is 17.7 Å². The lowest BCUT2D eigenvalue weighted by atomic mass is 10.1. The van der Waals surface area contributed by atoms with Crippen LogP contribution in [0.5, 0.6) is 0 Å². The average Bonchev–Trinajstić information content (AvgIpc) is 3.10. The van der Waals surface area contributed by atoms with Crippen LogP contribution in [0.15, 0.2) is 41.3 Å². The second-order valence-electron chi connectivity index (χ2n) is 6.08. The molecule has 4 rings (SSSR count). The number of H-pyrrole nitrogens is 1. The summed E-state index contributed by atoms with van der Waals surface area (Å²) in [6.07, 6.45) is 1.74. The first-order chi connectivity index (χ1) is 12.3. The molecule has 0 radical (unpaired) electrons. The number of anilines is 1. The largest absolute Gasteiger partial charge is 0.340 e. The van der Waals surface area contributed by atoms with Gasteiger partial charge in [-0.2, -0.15) is 5.26 Å². The summed E-state index contributed by atoms with van der Waals surface area (Å²) >= 11 is 0. The molecule has 2 N–H and O–H groups in total. The van der Waals surface area contributed by atoms with Crippen molar-refractivity contribution in [2.45, 2.75) is 6.54 Å². The van der Waals surface area contributed by atoms with E-state index in [-0.39, 0.29) is 5.56 Å². The van der Waals surface area contributed by atoms with E-state index in [0.717, 1.165) is 37.7 Å². The van der Waals surface area contributed by atoms with Crippen LogP contribution in [0.4, 0.5) is 5.95 Å². The van der Waals surface area contributed by atoms with Gasteiger partial charge in [0.25, 0.3) is 5.56 Å². The molecule has 0 spiro atoms. The zero-order valence-corrected chi connectivity index (χ0v) is 13.7. The van der Waals surface area contributed by atoms with Crippen molar-refractivity contribution in [1.29, 1.82) is 5.26 Å². The number of nitrogens with one attached hydrogen (secondary N) is 2. The van der Waals surface area contributed by atoms with E-state index in [1.807, 2.05) is 24.3 Å². The van der Waals surface area contributed by atoms with Crippen LogP contribution < -0.4 is 15.8 Å². The number of benzene rings is 1. The number of fused-ring (bicyclic) bond motifs is 1. The maximum atomic E-state index is 12.8. The van der Waals surface area contributed by atoms with Crippen molar-refractivity contribution < 1.29 is 0 Å². The predicted molar refractivity (Wildman–Crippen MR) is 95.7 cm³/mol. The van der Waals surface area contributed by atoms with Gasteiger partial charge in [-0.1, -0.05) is 18.2 Å². The molecule has 7 heteroatoms. The third kappa shape index (κ3) is 2.88. The van der Waals surface area contributed by atoms with E-state index in [4.69, 9.17) is 0 Å². The van der Waals surface area contributed by atoms with Crippen LogP contribution in [0.1, 0.15) is 11.1 Å². The molecule has 25 heavy (non-hydrogen) atoms. The van der Waals surface area contributed by atoms with E-state index in [1.54, 1.807) is 16.8 Å². The second-order valence-corrected chi connectivity index (χ2v) is 6.08. The molecule has 126 valence electrons. The number of rotatable bonds is 3. The maximum Gasteiger partial charge on any atom is 0.276 e.